The molecule has 1 aromatic heterocycles. The molecular weight excluding hydrogens is 328 g/mol. The molecule has 2 N–H and O–H groups in total. The molecule has 7 nitrogen and oxygen atoms in total. The quantitative estimate of drug-likeness (QED) is 0.759. The first-order valence-electron chi connectivity index (χ1n) is 6.40. The minimum atomic E-state index is -3.64. The molecule has 2 aromatic rings. The van der Waals surface area contributed by atoms with Crippen molar-refractivity contribution < 1.29 is 13.2 Å². The van der Waals surface area contributed by atoms with Crippen LogP contribution in [0, 0.1) is 0 Å². The van der Waals surface area contributed by atoms with Crippen molar-refractivity contribution in [1.29, 1.82) is 0 Å². The summed E-state index contributed by atoms with van der Waals surface area (Å²) in [5.41, 5.74) is 0.417. The second-order valence-electron chi connectivity index (χ2n) is 4.51. The van der Waals surface area contributed by atoms with Crippen LogP contribution < -0.4 is 10.0 Å². The molecule has 0 spiro atoms. The van der Waals surface area contributed by atoms with Crippen molar-refractivity contribution in [3.05, 3.63) is 47.2 Å². The second kappa shape index (κ2) is 6.91. The zero-order chi connectivity index (χ0) is 16.2. The third-order valence-corrected chi connectivity index (χ3v) is 4.47. The Morgan fingerprint density at radius 1 is 1.36 bits per heavy atom. The summed E-state index contributed by atoms with van der Waals surface area (Å²) in [6.45, 7) is 0.231. The maximum Gasteiger partial charge on any atom is 0.254 e. The van der Waals surface area contributed by atoms with Gasteiger partial charge in [-0.05, 0) is 18.2 Å². The Balaban J connectivity index is 1.84. The van der Waals surface area contributed by atoms with E-state index in [4.69, 9.17) is 11.6 Å². The van der Waals surface area contributed by atoms with E-state index in [0.29, 0.717) is 10.6 Å². The normalized spacial score (nSPS) is 11.4. The predicted octanol–water partition coefficient (Wildman–Crippen LogP) is 0.782. The fraction of sp³-hybridized carbons (Fsp3) is 0.231. The van der Waals surface area contributed by atoms with Gasteiger partial charge < -0.3 is 5.32 Å². The Hall–Kier alpha value is -1.90. The maximum absolute atomic E-state index is 12.0. The van der Waals surface area contributed by atoms with E-state index < -0.39 is 10.0 Å². The van der Waals surface area contributed by atoms with Gasteiger partial charge in [0.1, 0.15) is 0 Å². The van der Waals surface area contributed by atoms with E-state index in [2.05, 4.69) is 15.1 Å². The molecule has 0 unspecified atom stereocenters. The van der Waals surface area contributed by atoms with Gasteiger partial charge in [-0.3, -0.25) is 9.48 Å². The zero-order valence-electron chi connectivity index (χ0n) is 11.8. The number of carbonyl (C=O) groups excluding carboxylic acids is 1. The number of carbonyl (C=O) groups is 1. The van der Waals surface area contributed by atoms with Crippen LogP contribution >= 0.6 is 11.6 Å². The number of rotatable bonds is 6. The number of hydrogen-bond acceptors (Lipinski definition) is 4. The summed E-state index contributed by atoms with van der Waals surface area (Å²) in [4.78, 5) is 11.8. The summed E-state index contributed by atoms with van der Waals surface area (Å²) in [6, 6.07) is 5.95. The van der Waals surface area contributed by atoms with Crippen LogP contribution in [0.1, 0.15) is 10.4 Å². The number of halogens is 1. The lowest BCUT2D eigenvalue weighted by Gasteiger charge is -2.07. The van der Waals surface area contributed by atoms with Gasteiger partial charge in [0, 0.05) is 31.4 Å². The summed E-state index contributed by atoms with van der Waals surface area (Å²) in [5, 5.41) is 6.83. The SMILES string of the molecule is Cn1cc(C(=O)NCCNS(=O)(=O)c2cccc(Cl)c2)cn1. The molecule has 0 atom stereocenters. The zero-order valence-corrected chi connectivity index (χ0v) is 13.4. The highest BCUT2D eigenvalue weighted by Crippen LogP contribution is 2.14. The highest BCUT2D eigenvalue weighted by molar-refractivity contribution is 7.89. The van der Waals surface area contributed by atoms with E-state index in [1.807, 2.05) is 0 Å². The standard InChI is InChI=1S/C13H15ClN4O3S/c1-18-9-10(8-16-18)13(19)15-5-6-17-22(20,21)12-4-2-3-11(14)7-12/h2-4,7-9,17H,5-6H2,1H3,(H,15,19). The van der Waals surface area contributed by atoms with Crippen LogP contribution in [0.15, 0.2) is 41.6 Å². The minimum absolute atomic E-state index is 0.0703. The third kappa shape index (κ3) is 4.30. The molecule has 2 rings (SSSR count). The van der Waals surface area contributed by atoms with Gasteiger partial charge in [0.15, 0.2) is 0 Å². The van der Waals surface area contributed by atoms with Crippen LogP contribution in [0.4, 0.5) is 0 Å². The third-order valence-electron chi connectivity index (χ3n) is 2.78. The maximum atomic E-state index is 12.0. The van der Waals surface area contributed by atoms with Crippen LogP contribution in [0.25, 0.3) is 0 Å². The van der Waals surface area contributed by atoms with Gasteiger partial charge in [-0.15, -0.1) is 0 Å². The highest BCUT2D eigenvalue weighted by Gasteiger charge is 2.14. The fourth-order valence-electron chi connectivity index (χ4n) is 1.72. The number of nitrogens with one attached hydrogen (secondary N) is 2. The van der Waals surface area contributed by atoms with Crippen molar-refractivity contribution in [1.82, 2.24) is 19.8 Å². The molecule has 1 amide bonds. The molecule has 22 heavy (non-hydrogen) atoms. The minimum Gasteiger partial charge on any atom is -0.351 e. The van der Waals surface area contributed by atoms with E-state index in [1.165, 1.54) is 23.0 Å². The first kappa shape index (κ1) is 16.5. The van der Waals surface area contributed by atoms with Crippen LogP contribution in [0.3, 0.4) is 0 Å². The van der Waals surface area contributed by atoms with Gasteiger partial charge in [-0.1, -0.05) is 17.7 Å². The molecule has 1 aromatic carbocycles. The number of sulfonamides is 1. The average Bonchev–Trinajstić information content (AvgIpc) is 2.90. The average molecular weight is 343 g/mol. The van der Waals surface area contributed by atoms with Crippen molar-refractivity contribution in [3.8, 4) is 0 Å². The number of aryl methyl sites for hydroxylation is 1. The number of nitrogens with zero attached hydrogens (tertiary/aromatic N) is 2. The number of hydrogen-bond donors (Lipinski definition) is 2. The first-order valence-corrected chi connectivity index (χ1v) is 8.27. The van der Waals surface area contributed by atoms with Crippen molar-refractivity contribution in [3.63, 3.8) is 0 Å². The van der Waals surface area contributed by atoms with E-state index in [-0.39, 0.29) is 23.9 Å². The van der Waals surface area contributed by atoms with Crippen LogP contribution in [-0.4, -0.2) is 37.2 Å². The van der Waals surface area contributed by atoms with Gasteiger partial charge in [-0.25, -0.2) is 13.1 Å². The van der Waals surface area contributed by atoms with Crippen molar-refractivity contribution >= 4 is 27.5 Å². The van der Waals surface area contributed by atoms with Crippen molar-refractivity contribution in [2.24, 2.45) is 7.05 Å². The Bertz CT molecular complexity index is 773. The molecule has 0 bridgehead atoms. The van der Waals surface area contributed by atoms with Gasteiger partial charge in [-0.2, -0.15) is 5.10 Å². The van der Waals surface area contributed by atoms with Crippen molar-refractivity contribution in [2.45, 2.75) is 4.90 Å². The summed E-state index contributed by atoms with van der Waals surface area (Å²) < 4.78 is 27.9. The summed E-state index contributed by atoms with van der Waals surface area (Å²) in [6.07, 6.45) is 3.01. The summed E-state index contributed by atoms with van der Waals surface area (Å²) >= 11 is 5.77. The molecule has 0 saturated carbocycles. The van der Waals surface area contributed by atoms with E-state index in [9.17, 15) is 13.2 Å². The number of aromatic nitrogens is 2. The Kier molecular flexibility index (Phi) is 5.17. The molecule has 0 aliphatic carbocycles. The molecule has 0 fully saturated rings. The highest BCUT2D eigenvalue weighted by atomic mass is 35.5. The lowest BCUT2D eigenvalue weighted by Crippen LogP contribution is -2.34. The van der Waals surface area contributed by atoms with Gasteiger partial charge in [0.25, 0.3) is 5.91 Å². The lowest BCUT2D eigenvalue weighted by molar-refractivity contribution is 0.0954. The molecule has 0 aliphatic rings. The molecule has 1 heterocycles. The number of amides is 1. The van der Waals surface area contributed by atoms with E-state index in [0.717, 1.165) is 0 Å². The smallest absolute Gasteiger partial charge is 0.254 e. The summed E-state index contributed by atoms with van der Waals surface area (Å²) in [5.74, 6) is -0.310. The Labute approximate surface area is 133 Å². The molecule has 0 saturated heterocycles. The lowest BCUT2D eigenvalue weighted by atomic mass is 10.3. The Morgan fingerprint density at radius 2 is 2.14 bits per heavy atom. The van der Waals surface area contributed by atoms with Crippen molar-refractivity contribution in [2.75, 3.05) is 13.1 Å². The fourth-order valence-corrected chi connectivity index (χ4v) is 3.05. The van der Waals surface area contributed by atoms with Gasteiger partial charge in [0.2, 0.25) is 10.0 Å². The number of benzene rings is 1. The largest absolute Gasteiger partial charge is 0.351 e. The molecule has 9 heteroatoms. The van der Waals surface area contributed by atoms with Gasteiger partial charge in [0.05, 0.1) is 16.7 Å². The predicted molar refractivity (Wildman–Crippen MR) is 82.2 cm³/mol. The Morgan fingerprint density at radius 3 is 2.77 bits per heavy atom. The molecule has 118 valence electrons. The van der Waals surface area contributed by atoms with Crippen LogP contribution in [-0.2, 0) is 17.1 Å². The van der Waals surface area contributed by atoms with Crippen LogP contribution in [0.2, 0.25) is 5.02 Å². The second-order valence-corrected chi connectivity index (χ2v) is 6.72. The van der Waals surface area contributed by atoms with Gasteiger partial charge >= 0.3 is 0 Å². The van der Waals surface area contributed by atoms with E-state index >= 15 is 0 Å². The monoisotopic (exact) mass is 342 g/mol. The summed E-state index contributed by atoms with van der Waals surface area (Å²) in [7, 11) is -1.94. The molecule has 0 radical (unpaired) electrons. The molecule has 0 aliphatic heterocycles. The topological polar surface area (TPSA) is 93.1 Å². The molecular formula is C13H15ClN4O3S. The van der Waals surface area contributed by atoms with Crippen LogP contribution in [0.5, 0.6) is 0 Å². The van der Waals surface area contributed by atoms with E-state index in [1.54, 1.807) is 25.4 Å². The first-order chi connectivity index (χ1) is 10.4.